The van der Waals surface area contributed by atoms with Crippen molar-refractivity contribution in [1.82, 2.24) is 0 Å². The quantitative estimate of drug-likeness (QED) is 0.436. The Morgan fingerprint density at radius 1 is 1.70 bits per heavy atom. The Bertz CT molecular complexity index is 141. The van der Waals surface area contributed by atoms with Crippen molar-refractivity contribution in [2.24, 2.45) is 5.41 Å². The van der Waals surface area contributed by atoms with E-state index < -0.39 is 0 Å². The van der Waals surface area contributed by atoms with Crippen molar-refractivity contribution < 1.29 is 9.53 Å². The Balaban J connectivity index is 2.43. The second-order valence-corrected chi connectivity index (χ2v) is 3.79. The van der Waals surface area contributed by atoms with Gasteiger partial charge in [0.2, 0.25) is 0 Å². The van der Waals surface area contributed by atoms with Crippen molar-refractivity contribution in [2.45, 2.75) is 19.3 Å². The molecule has 0 unspecified atom stereocenters. The fourth-order valence-electron chi connectivity index (χ4n) is 1.10. The van der Waals surface area contributed by atoms with Crippen molar-refractivity contribution in [3.8, 4) is 0 Å². The lowest BCUT2D eigenvalue weighted by molar-refractivity contribution is -0.147. The smallest absolute Gasteiger partial charge is 0.311 e. The first kappa shape index (κ1) is 8.30. The zero-order chi connectivity index (χ0) is 7.61. The Labute approximate surface area is 74.5 Å². The van der Waals surface area contributed by atoms with Crippen LogP contribution in [-0.2, 0) is 9.53 Å². The summed E-state index contributed by atoms with van der Waals surface area (Å²) in [6.07, 6.45) is 3.05. The molecule has 1 saturated carbocycles. The van der Waals surface area contributed by atoms with Crippen LogP contribution in [0.1, 0.15) is 19.3 Å². The monoisotopic (exact) mass is 254 g/mol. The first-order valence-electron chi connectivity index (χ1n) is 3.39. The first-order chi connectivity index (χ1) is 4.75. The van der Waals surface area contributed by atoms with Gasteiger partial charge in [0.15, 0.2) is 0 Å². The van der Waals surface area contributed by atoms with E-state index in [4.69, 9.17) is 0 Å². The highest BCUT2D eigenvalue weighted by Gasteiger charge is 2.49. The molecule has 0 amide bonds. The third kappa shape index (κ3) is 1.44. The third-order valence-electron chi connectivity index (χ3n) is 2.05. The van der Waals surface area contributed by atoms with E-state index in [0.717, 1.165) is 23.7 Å². The van der Waals surface area contributed by atoms with Gasteiger partial charge in [-0.25, -0.2) is 0 Å². The average molecular weight is 254 g/mol. The second kappa shape index (κ2) is 3.07. The van der Waals surface area contributed by atoms with Gasteiger partial charge >= 0.3 is 5.97 Å². The Morgan fingerprint density at radius 3 is 2.60 bits per heavy atom. The number of hydrogen-bond acceptors (Lipinski definition) is 2. The highest BCUT2D eigenvalue weighted by Crippen LogP contribution is 2.49. The molecule has 3 heteroatoms. The van der Waals surface area contributed by atoms with Crippen LogP contribution >= 0.6 is 22.6 Å². The number of halogens is 1. The van der Waals surface area contributed by atoms with E-state index in [1.807, 2.05) is 0 Å². The normalized spacial score (nSPS) is 20.2. The van der Waals surface area contributed by atoms with Gasteiger partial charge < -0.3 is 4.74 Å². The van der Waals surface area contributed by atoms with Gasteiger partial charge in [-0.1, -0.05) is 22.6 Å². The lowest BCUT2D eigenvalue weighted by atomic mass is 10.1. The Hall–Kier alpha value is 0.200. The molecule has 0 aromatic heterocycles. The molecule has 1 rings (SSSR count). The van der Waals surface area contributed by atoms with Gasteiger partial charge in [0.05, 0.1) is 12.5 Å². The number of rotatable bonds is 3. The molecule has 0 aromatic rings. The number of carbonyl (C=O) groups is 1. The van der Waals surface area contributed by atoms with Gasteiger partial charge in [-0.2, -0.15) is 0 Å². The van der Waals surface area contributed by atoms with Crippen molar-refractivity contribution >= 4 is 28.6 Å². The number of ether oxygens (including phenoxy) is 1. The molecule has 0 saturated heterocycles. The summed E-state index contributed by atoms with van der Waals surface area (Å²) in [4.78, 5) is 11.1. The molecule has 0 heterocycles. The average Bonchev–Trinajstić information content (AvgIpc) is 2.69. The van der Waals surface area contributed by atoms with Crippen molar-refractivity contribution in [3.05, 3.63) is 0 Å². The summed E-state index contributed by atoms with van der Waals surface area (Å²) in [5.41, 5.74) is -0.0596. The van der Waals surface area contributed by atoms with Gasteiger partial charge in [-0.15, -0.1) is 0 Å². The predicted molar refractivity (Wildman–Crippen MR) is 47.2 cm³/mol. The summed E-state index contributed by atoms with van der Waals surface area (Å²) in [5, 5.41) is 0. The largest absolute Gasteiger partial charge is 0.469 e. The molecule has 0 bridgehead atoms. The molecule has 58 valence electrons. The first-order valence-corrected chi connectivity index (χ1v) is 4.92. The molecule has 0 aromatic carbocycles. The molecule has 0 radical (unpaired) electrons. The summed E-state index contributed by atoms with van der Waals surface area (Å²) < 4.78 is 5.74. The van der Waals surface area contributed by atoms with Crippen LogP contribution in [0.2, 0.25) is 0 Å². The molecule has 0 N–H and O–H groups in total. The number of hydrogen-bond donors (Lipinski definition) is 0. The van der Waals surface area contributed by atoms with Gasteiger partial charge in [0, 0.05) is 4.43 Å². The van der Waals surface area contributed by atoms with Crippen molar-refractivity contribution in [2.75, 3.05) is 11.5 Å². The Kier molecular flexibility index (Phi) is 2.55. The summed E-state index contributed by atoms with van der Waals surface area (Å²) in [5.74, 6) is -0.0100. The van der Waals surface area contributed by atoms with Crippen LogP contribution < -0.4 is 0 Å². The minimum atomic E-state index is -0.0596. The van der Waals surface area contributed by atoms with E-state index in [2.05, 4.69) is 27.3 Å². The highest BCUT2D eigenvalue weighted by atomic mass is 127. The van der Waals surface area contributed by atoms with Crippen LogP contribution in [0.4, 0.5) is 0 Å². The molecule has 1 aliphatic carbocycles. The molecule has 1 fully saturated rings. The van der Waals surface area contributed by atoms with Gasteiger partial charge in [0.1, 0.15) is 0 Å². The molecule has 2 nitrogen and oxygen atoms in total. The van der Waals surface area contributed by atoms with Crippen LogP contribution in [0, 0.1) is 5.41 Å². The fourth-order valence-corrected chi connectivity index (χ4v) is 2.14. The van der Waals surface area contributed by atoms with E-state index in [0.29, 0.717) is 0 Å². The lowest BCUT2D eigenvalue weighted by Crippen LogP contribution is -2.17. The van der Waals surface area contributed by atoms with Crippen LogP contribution in [-0.4, -0.2) is 17.5 Å². The van der Waals surface area contributed by atoms with Gasteiger partial charge in [0.25, 0.3) is 0 Å². The van der Waals surface area contributed by atoms with Crippen LogP contribution in [0.3, 0.4) is 0 Å². The number of esters is 1. The van der Waals surface area contributed by atoms with Gasteiger partial charge in [-0.3, -0.25) is 4.79 Å². The predicted octanol–water partition coefficient (Wildman–Crippen LogP) is 1.76. The van der Waals surface area contributed by atoms with E-state index in [1.165, 1.54) is 7.11 Å². The van der Waals surface area contributed by atoms with Crippen molar-refractivity contribution in [1.29, 1.82) is 0 Å². The van der Waals surface area contributed by atoms with Crippen molar-refractivity contribution in [3.63, 3.8) is 0 Å². The second-order valence-electron chi connectivity index (χ2n) is 2.71. The maximum absolute atomic E-state index is 11.1. The van der Waals surface area contributed by atoms with E-state index >= 15 is 0 Å². The molecular formula is C7H11IO2. The summed E-state index contributed by atoms with van der Waals surface area (Å²) in [7, 11) is 1.47. The molecule has 0 atom stereocenters. The van der Waals surface area contributed by atoms with Crippen LogP contribution in [0.25, 0.3) is 0 Å². The van der Waals surface area contributed by atoms with E-state index in [-0.39, 0.29) is 11.4 Å². The minimum Gasteiger partial charge on any atom is -0.469 e. The standard InChI is InChI=1S/C7H11IO2/c1-10-6(9)7(2-3-7)4-5-8/h2-5H2,1H3. The van der Waals surface area contributed by atoms with Crippen LogP contribution in [0.5, 0.6) is 0 Å². The number of alkyl halides is 1. The summed E-state index contributed by atoms with van der Waals surface area (Å²) in [6, 6.07) is 0. The number of carbonyl (C=O) groups excluding carboxylic acids is 1. The fraction of sp³-hybridized carbons (Fsp3) is 0.857. The topological polar surface area (TPSA) is 26.3 Å². The SMILES string of the molecule is COC(=O)C1(CCI)CC1. The highest BCUT2D eigenvalue weighted by molar-refractivity contribution is 14.1. The molecule has 0 spiro atoms. The summed E-state index contributed by atoms with van der Waals surface area (Å²) >= 11 is 2.29. The molecule has 0 aliphatic heterocycles. The minimum absolute atomic E-state index is 0.0100. The molecule has 1 aliphatic rings. The molecule has 10 heavy (non-hydrogen) atoms. The van der Waals surface area contributed by atoms with E-state index in [9.17, 15) is 4.79 Å². The zero-order valence-electron chi connectivity index (χ0n) is 6.02. The lowest BCUT2D eigenvalue weighted by Gasteiger charge is -2.08. The maximum atomic E-state index is 11.1. The Morgan fingerprint density at radius 2 is 2.30 bits per heavy atom. The molecular weight excluding hydrogens is 243 g/mol. The zero-order valence-corrected chi connectivity index (χ0v) is 8.18. The van der Waals surface area contributed by atoms with E-state index in [1.54, 1.807) is 0 Å². The third-order valence-corrected chi connectivity index (χ3v) is 2.58. The van der Waals surface area contributed by atoms with Crippen LogP contribution in [0.15, 0.2) is 0 Å². The van der Waals surface area contributed by atoms with Gasteiger partial charge in [-0.05, 0) is 19.3 Å². The number of methoxy groups -OCH3 is 1. The summed E-state index contributed by atoms with van der Waals surface area (Å²) in [6.45, 7) is 0. The maximum Gasteiger partial charge on any atom is 0.311 e.